The molecule has 88 valence electrons. The van der Waals surface area contributed by atoms with E-state index in [2.05, 4.69) is 52.1 Å². The summed E-state index contributed by atoms with van der Waals surface area (Å²) in [6.07, 6.45) is 2.78. The highest BCUT2D eigenvalue weighted by Crippen LogP contribution is 2.14. The molecule has 0 atom stereocenters. The monoisotopic (exact) mass is 291 g/mol. The smallest absolute Gasteiger partial charge is 0.138 e. The third-order valence-corrected chi connectivity index (χ3v) is 3.01. The molecule has 3 heteroatoms. The molecule has 1 heterocycles. The number of hydrogen-bond acceptors (Lipinski definition) is 2. The first-order valence-electron chi connectivity index (χ1n) is 5.60. The van der Waals surface area contributed by atoms with Crippen molar-refractivity contribution in [2.45, 2.75) is 20.0 Å². The largest absolute Gasteiger partial charge is 0.487 e. The molecule has 17 heavy (non-hydrogen) atoms. The van der Waals surface area contributed by atoms with Crippen LogP contribution >= 0.6 is 15.9 Å². The number of benzene rings is 1. The Hall–Kier alpha value is -1.35. The second kappa shape index (κ2) is 5.82. The number of hydrogen-bond donors (Lipinski definition) is 0. The van der Waals surface area contributed by atoms with E-state index < -0.39 is 0 Å². The molecule has 0 spiro atoms. The fraction of sp³-hybridized carbons (Fsp3) is 0.214. The highest BCUT2D eigenvalue weighted by atomic mass is 79.9. The zero-order valence-corrected chi connectivity index (χ0v) is 11.3. The van der Waals surface area contributed by atoms with Crippen molar-refractivity contribution >= 4 is 15.9 Å². The molecule has 0 aliphatic heterocycles. The van der Waals surface area contributed by atoms with Crippen LogP contribution in [0, 0.1) is 0 Å². The first kappa shape index (κ1) is 12.1. The molecule has 0 saturated heterocycles. The molecule has 2 aromatic rings. The maximum absolute atomic E-state index is 5.64. The third kappa shape index (κ3) is 3.56. The second-order valence-corrected chi connectivity index (χ2v) is 4.59. The Morgan fingerprint density at radius 2 is 1.76 bits per heavy atom. The van der Waals surface area contributed by atoms with Crippen LogP contribution < -0.4 is 4.74 Å². The molecule has 0 aliphatic rings. The fourth-order valence-electron chi connectivity index (χ4n) is 1.49. The molecule has 0 bridgehead atoms. The first-order valence-corrected chi connectivity index (χ1v) is 6.39. The number of aromatic nitrogens is 1. The lowest BCUT2D eigenvalue weighted by atomic mass is 10.1. The van der Waals surface area contributed by atoms with Gasteiger partial charge in [0.2, 0.25) is 0 Å². The average Bonchev–Trinajstić information content (AvgIpc) is 2.39. The number of aryl methyl sites for hydroxylation is 1. The highest BCUT2D eigenvalue weighted by Gasteiger charge is 1.97. The molecular weight excluding hydrogens is 278 g/mol. The fourth-order valence-corrected chi connectivity index (χ4v) is 1.72. The second-order valence-electron chi connectivity index (χ2n) is 3.78. The van der Waals surface area contributed by atoms with Crippen molar-refractivity contribution in [3.05, 3.63) is 58.3 Å². The van der Waals surface area contributed by atoms with Crippen LogP contribution in [0.3, 0.4) is 0 Å². The minimum atomic E-state index is 0.577. The van der Waals surface area contributed by atoms with Crippen LogP contribution in [-0.2, 0) is 13.0 Å². The van der Waals surface area contributed by atoms with Gasteiger partial charge in [0.1, 0.15) is 17.0 Å². The van der Waals surface area contributed by atoms with Crippen molar-refractivity contribution in [1.29, 1.82) is 0 Å². The lowest BCUT2D eigenvalue weighted by Crippen LogP contribution is -1.96. The Balaban J connectivity index is 1.95. The van der Waals surface area contributed by atoms with Gasteiger partial charge in [-0.2, -0.15) is 0 Å². The van der Waals surface area contributed by atoms with Crippen molar-refractivity contribution in [3.8, 4) is 5.75 Å². The minimum Gasteiger partial charge on any atom is -0.487 e. The average molecular weight is 292 g/mol. The van der Waals surface area contributed by atoms with Gasteiger partial charge in [0, 0.05) is 0 Å². The molecule has 0 radical (unpaired) electrons. The predicted molar refractivity (Wildman–Crippen MR) is 72.1 cm³/mol. The van der Waals surface area contributed by atoms with Crippen molar-refractivity contribution in [1.82, 2.24) is 4.98 Å². The maximum Gasteiger partial charge on any atom is 0.138 e. The summed E-state index contributed by atoms with van der Waals surface area (Å²) in [4.78, 5) is 4.11. The van der Waals surface area contributed by atoms with Crippen LogP contribution in [0.4, 0.5) is 0 Å². The quantitative estimate of drug-likeness (QED) is 0.795. The molecule has 2 nitrogen and oxygen atoms in total. The Bertz CT molecular complexity index is 465. The van der Waals surface area contributed by atoms with Gasteiger partial charge in [-0.1, -0.05) is 31.2 Å². The zero-order chi connectivity index (χ0) is 12.1. The summed E-state index contributed by atoms with van der Waals surface area (Å²) in [5.41, 5.74) is 2.52. The summed E-state index contributed by atoms with van der Waals surface area (Å²) in [6, 6.07) is 12.3. The van der Waals surface area contributed by atoms with Crippen LogP contribution in [0.1, 0.15) is 18.1 Å². The molecule has 2 rings (SSSR count). The van der Waals surface area contributed by atoms with Crippen LogP contribution in [-0.4, -0.2) is 4.98 Å². The van der Waals surface area contributed by atoms with E-state index >= 15 is 0 Å². The lowest BCUT2D eigenvalue weighted by Gasteiger charge is -2.06. The summed E-state index contributed by atoms with van der Waals surface area (Å²) in [7, 11) is 0. The Kier molecular flexibility index (Phi) is 4.15. The Labute approximate surface area is 110 Å². The number of ether oxygens (including phenoxy) is 1. The van der Waals surface area contributed by atoms with Gasteiger partial charge in [0.15, 0.2) is 0 Å². The third-order valence-electron chi connectivity index (χ3n) is 2.54. The molecular formula is C14H14BrNO. The molecule has 0 N–H and O–H groups in total. The van der Waals surface area contributed by atoms with Gasteiger partial charge in [0.05, 0.1) is 6.20 Å². The van der Waals surface area contributed by atoms with Crippen LogP contribution in [0.2, 0.25) is 0 Å². The lowest BCUT2D eigenvalue weighted by molar-refractivity contribution is 0.305. The summed E-state index contributed by atoms with van der Waals surface area (Å²) < 4.78 is 6.45. The Morgan fingerprint density at radius 1 is 1.06 bits per heavy atom. The molecule has 1 aromatic carbocycles. The van der Waals surface area contributed by atoms with Gasteiger partial charge < -0.3 is 4.74 Å². The summed E-state index contributed by atoms with van der Waals surface area (Å²) in [5.74, 6) is 0.785. The number of rotatable bonds is 4. The van der Waals surface area contributed by atoms with Gasteiger partial charge in [-0.15, -0.1) is 0 Å². The molecule has 0 saturated carbocycles. The molecule has 1 aromatic heterocycles. The first-order chi connectivity index (χ1) is 8.28. The van der Waals surface area contributed by atoms with E-state index in [4.69, 9.17) is 4.74 Å². The molecule has 0 amide bonds. The number of halogens is 1. The minimum absolute atomic E-state index is 0.577. The van der Waals surface area contributed by atoms with Crippen LogP contribution in [0.25, 0.3) is 0 Å². The molecule has 0 fully saturated rings. The summed E-state index contributed by atoms with van der Waals surface area (Å²) in [6.45, 7) is 2.73. The Morgan fingerprint density at radius 3 is 2.35 bits per heavy atom. The van der Waals surface area contributed by atoms with Crippen LogP contribution in [0.5, 0.6) is 5.75 Å². The highest BCUT2D eigenvalue weighted by molar-refractivity contribution is 9.10. The van der Waals surface area contributed by atoms with Gasteiger partial charge >= 0.3 is 0 Å². The van der Waals surface area contributed by atoms with Gasteiger partial charge in [-0.25, -0.2) is 4.98 Å². The number of pyridine rings is 1. The molecule has 0 unspecified atom stereocenters. The summed E-state index contributed by atoms with van der Waals surface area (Å²) in [5, 5.41) is 0. The van der Waals surface area contributed by atoms with Gasteiger partial charge in [0.25, 0.3) is 0 Å². The van der Waals surface area contributed by atoms with E-state index in [9.17, 15) is 0 Å². The van der Waals surface area contributed by atoms with E-state index in [1.165, 1.54) is 11.1 Å². The zero-order valence-electron chi connectivity index (χ0n) is 9.69. The number of nitrogens with zero attached hydrogens (tertiary/aromatic N) is 1. The predicted octanol–water partition coefficient (Wildman–Crippen LogP) is 3.99. The van der Waals surface area contributed by atoms with Gasteiger partial charge in [-0.3, -0.25) is 0 Å². The maximum atomic E-state index is 5.64. The SMILES string of the molecule is CCc1ccc(COc2ccc(Br)nc2)cc1. The van der Waals surface area contributed by atoms with E-state index in [-0.39, 0.29) is 0 Å². The van der Waals surface area contributed by atoms with Crippen LogP contribution in [0.15, 0.2) is 47.2 Å². The van der Waals surface area contributed by atoms with Crippen molar-refractivity contribution < 1.29 is 4.74 Å². The van der Waals surface area contributed by atoms with E-state index in [0.717, 1.165) is 16.8 Å². The standard InChI is InChI=1S/C14H14BrNO/c1-2-11-3-5-12(6-4-11)10-17-13-7-8-14(15)16-9-13/h3-9H,2,10H2,1H3. The van der Waals surface area contributed by atoms with E-state index in [0.29, 0.717) is 6.61 Å². The summed E-state index contributed by atoms with van der Waals surface area (Å²) >= 11 is 3.29. The van der Waals surface area contributed by atoms with Crippen molar-refractivity contribution in [2.75, 3.05) is 0 Å². The van der Waals surface area contributed by atoms with Crippen molar-refractivity contribution in [2.24, 2.45) is 0 Å². The van der Waals surface area contributed by atoms with Gasteiger partial charge in [-0.05, 0) is 45.6 Å². The normalized spacial score (nSPS) is 10.2. The topological polar surface area (TPSA) is 22.1 Å². The van der Waals surface area contributed by atoms with E-state index in [1.54, 1.807) is 6.20 Å². The molecule has 0 aliphatic carbocycles. The van der Waals surface area contributed by atoms with E-state index in [1.807, 2.05) is 12.1 Å². The van der Waals surface area contributed by atoms with Crippen molar-refractivity contribution in [3.63, 3.8) is 0 Å².